The molecule has 0 aliphatic carbocycles. The summed E-state index contributed by atoms with van der Waals surface area (Å²) in [4.78, 5) is 0. The molecular formula is C11H13NO. The summed E-state index contributed by atoms with van der Waals surface area (Å²) in [5, 5.41) is 0. The maximum absolute atomic E-state index is 5.45. The molecule has 0 atom stereocenters. The molecule has 2 nitrogen and oxygen atoms in total. The van der Waals surface area contributed by atoms with Crippen LogP contribution < -0.4 is 10.5 Å². The van der Waals surface area contributed by atoms with E-state index in [4.69, 9.17) is 10.5 Å². The van der Waals surface area contributed by atoms with E-state index in [-0.39, 0.29) is 0 Å². The Morgan fingerprint density at radius 3 is 3.23 bits per heavy atom. The summed E-state index contributed by atoms with van der Waals surface area (Å²) < 4.78 is 5.45. The number of hydrogen-bond donors (Lipinski definition) is 1. The Bertz CT molecular complexity index is 331. The summed E-state index contributed by atoms with van der Waals surface area (Å²) in [6, 6.07) is 6.28. The molecule has 13 heavy (non-hydrogen) atoms. The van der Waals surface area contributed by atoms with E-state index in [2.05, 4.69) is 18.2 Å². The molecule has 0 fully saturated rings. The summed E-state index contributed by atoms with van der Waals surface area (Å²) in [6.07, 6.45) is 4.99. The summed E-state index contributed by atoms with van der Waals surface area (Å²) in [6.45, 7) is 1.40. The van der Waals surface area contributed by atoms with Crippen molar-refractivity contribution in [1.82, 2.24) is 0 Å². The molecular weight excluding hydrogens is 162 g/mol. The number of nitrogens with two attached hydrogens (primary N) is 1. The lowest BCUT2D eigenvalue weighted by Gasteiger charge is -1.99. The van der Waals surface area contributed by atoms with Gasteiger partial charge in [0, 0.05) is 13.0 Å². The number of rotatable bonds is 2. The molecule has 0 aromatic heterocycles. The van der Waals surface area contributed by atoms with Crippen molar-refractivity contribution in [3.63, 3.8) is 0 Å². The molecule has 2 N–H and O–H groups in total. The van der Waals surface area contributed by atoms with Crippen LogP contribution in [-0.2, 0) is 6.42 Å². The minimum atomic E-state index is 0.581. The lowest BCUT2D eigenvalue weighted by molar-refractivity contribution is 0.357. The average Bonchev–Trinajstić information content (AvgIpc) is 2.61. The van der Waals surface area contributed by atoms with E-state index in [1.54, 1.807) is 0 Å². The lowest BCUT2D eigenvalue weighted by atomic mass is 10.1. The van der Waals surface area contributed by atoms with Crippen LogP contribution in [0.2, 0.25) is 0 Å². The van der Waals surface area contributed by atoms with Gasteiger partial charge in [0.15, 0.2) is 0 Å². The molecule has 0 amide bonds. The standard InChI is InChI=1S/C11H13NO/c12-6-1-2-9-3-4-10-5-7-13-11(10)8-9/h1-4,8H,5-7,12H2/b2-1+. The van der Waals surface area contributed by atoms with E-state index < -0.39 is 0 Å². The maximum Gasteiger partial charge on any atom is 0.123 e. The van der Waals surface area contributed by atoms with Crippen LogP contribution in [0.15, 0.2) is 24.3 Å². The zero-order valence-corrected chi connectivity index (χ0v) is 7.49. The Labute approximate surface area is 78.0 Å². The summed E-state index contributed by atoms with van der Waals surface area (Å²) in [7, 11) is 0. The normalized spacial score (nSPS) is 14.5. The highest BCUT2D eigenvalue weighted by Crippen LogP contribution is 2.26. The van der Waals surface area contributed by atoms with Gasteiger partial charge in [-0.3, -0.25) is 0 Å². The molecule has 1 heterocycles. The maximum atomic E-state index is 5.45. The molecule has 68 valence electrons. The van der Waals surface area contributed by atoms with Gasteiger partial charge in [-0.05, 0) is 17.2 Å². The predicted molar refractivity (Wildman–Crippen MR) is 53.7 cm³/mol. The van der Waals surface area contributed by atoms with Crippen molar-refractivity contribution in [3.8, 4) is 5.75 Å². The van der Waals surface area contributed by atoms with Crippen molar-refractivity contribution in [2.24, 2.45) is 5.73 Å². The van der Waals surface area contributed by atoms with Crippen LogP contribution in [-0.4, -0.2) is 13.2 Å². The second kappa shape index (κ2) is 3.62. The van der Waals surface area contributed by atoms with Crippen molar-refractivity contribution in [2.45, 2.75) is 6.42 Å². The first kappa shape index (κ1) is 8.32. The van der Waals surface area contributed by atoms with E-state index in [1.165, 1.54) is 5.56 Å². The Kier molecular flexibility index (Phi) is 2.32. The smallest absolute Gasteiger partial charge is 0.123 e. The Balaban J connectivity index is 2.25. The van der Waals surface area contributed by atoms with Crippen LogP contribution in [0, 0.1) is 0 Å². The summed E-state index contributed by atoms with van der Waals surface area (Å²) in [5.74, 6) is 1.03. The molecule has 1 aromatic rings. The third-order valence-electron chi connectivity index (χ3n) is 2.17. The highest BCUT2D eigenvalue weighted by atomic mass is 16.5. The van der Waals surface area contributed by atoms with Crippen LogP contribution >= 0.6 is 0 Å². The Morgan fingerprint density at radius 1 is 1.46 bits per heavy atom. The molecule has 2 rings (SSSR count). The van der Waals surface area contributed by atoms with Crippen molar-refractivity contribution >= 4 is 6.08 Å². The van der Waals surface area contributed by atoms with Gasteiger partial charge in [-0.1, -0.05) is 24.3 Å². The second-order valence-corrected chi connectivity index (χ2v) is 3.10. The van der Waals surface area contributed by atoms with E-state index in [0.29, 0.717) is 6.54 Å². The molecule has 0 unspecified atom stereocenters. The van der Waals surface area contributed by atoms with Gasteiger partial charge in [-0.15, -0.1) is 0 Å². The quantitative estimate of drug-likeness (QED) is 0.740. The Morgan fingerprint density at radius 2 is 2.38 bits per heavy atom. The molecule has 0 bridgehead atoms. The third-order valence-corrected chi connectivity index (χ3v) is 2.17. The summed E-state index contributed by atoms with van der Waals surface area (Å²) >= 11 is 0. The highest BCUT2D eigenvalue weighted by molar-refractivity contribution is 5.54. The predicted octanol–water partition coefficient (Wildman–Crippen LogP) is 1.59. The largest absolute Gasteiger partial charge is 0.493 e. The monoisotopic (exact) mass is 175 g/mol. The van der Waals surface area contributed by atoms with Crippen LogP contribution in [0.25, 0.3) is 6.08 Å². The van der Waals surface area contributed by atoms with Crippen LogP contribution in [0.1, 0.15) is 11.1 Å². The lowest BCUT2D eigenvalue weighted by Crippen LogP contribution is -1.92. The van der Waals surface area contributed by atoms with Crippen LogP contribution in [0.4, 0.5) is 0 Å². The first-order valence-corrected chi connectivity index (χ1v) is 4.52. The molecule has 0 saturated carbocycles. The fraction of sp³-hybridized carbons (Fsp3) is 0.273. The fourth-order valence-electron chi connectivity index (χ4n) is 1.49. The first-order valence-electron chi connectivity index (χ1n) is 4.52. The van der Waals surface area contributed by atoms with Gasteiger partial charge >= 0.3 is 0 Å². The molecule has 0 saturated heterocycles. The van der Waals surface area contributed by atoms with Gasteiger partial charge in [0.1, 0.15) is 5.75 Å². The van der Waals surface area contributed by atoms with Gasteiger partial charge in [-0.25, -0.2) is 0 Å². The van der Waals surface area contributed by atoms with Crippen molar-refractivity contribution in [3.05, 3.63) is 35.4 Å². The molecule has 2 heteroatoms. The van der Waals surface area contributed by atoms with Crippen molar-refractivity contribution < 1.29 is 4.74 Å². The third kappa shape index (κ3) is 1.73. The number of hydrogen-bond acceptors (Lipinski definition) is 2. The number of fused-ring (bicyclic) bond motifs is 1. The molecule has 0 spiro atoms. The van der Waals surface area contributed by atoms with E-state index in [1.807, 2.05) is 12.2 Å². The van der Waals surface area contributed by atoms with E-state index in [0.717, 1.165) is 24.3 Å². The molecule has 0 radical (unpaired) electrons. The molecule has 1 aliphatic rings. The minimum absolute atomic E-state index is 0.581. The second-order valence-electron chi connectivity index (χ2n) is 3.10. The van der Waals surface area contributed by atoms with Crippen molar-refractivity contribution in [2.75, 3.05) is 13.2 Å². The van der Waals surface area contributed by atoms with Gasteiger partial charge in [0.2, 0.25) is 0 Å². The van der Waals surface area contributed by atoms with Crippen LogP contribution in [0.5, 0.6) is 5.75 Å². The summed E-state index contributed by atoms with van der Waals surface area (Å²) in [5.41, 5.74) is 7.84. The van der Waals surface area contributed by atoms with Crippen molar-refractivity contribution in [1.29, 1.82) is 0 Å². The van der Waals surface area contributed by atoms with Gasteiger partial charge in [0.25, 0.3) is 0 Å². The zero-order valence-electron chi connectivity index (χ0n) is 7.49. The topological polar surface area (TPSA) is 35.2 Å². The minimum Gasteiger partial charge on any atom is -0.493 e. The fourth-order valence-corrected chi connectivity index (χ4v) is 1.49. The zero-order chi connectivity index (χ0) is 9.10. The van der Waals surface area contributed by atoms with Gasteiger partial charge in [0.05, 0.1) is 6.61 Å². The number of ether oxygens (including phenoxy) is 1. The highest BCUT2D eigenvalue weighted by Gasteiger charge is 2.10. The van der Waals surface area contributed by atoms with E-state index >= 15 is 0 Å². The Hall–Kier alpha value is -1.28. The van der Waals surface area contributed by atoms with Gasteiger partial charge < -0.3 is 10.5 Å². The first-order chi connectivity index (χ1) is 6.40. The van der Waals surface area contributed by atoms with Gasteiger partial charge in [-0.2, -0.15) is 0 Å². The average molecular weight is 175 g/mol. The SMILES string of the molecule is NC/C=C/c1ccc2c(c1)OCC2. The number of benzene rings is 1. The van der Waals surface area contributed by atoms with E-state index in [9.17, 15) is 0 Å². The van der Waals surface area contributed by atoms with Crippen LogP contribution in [0.3, 0.4) is 0 Å². The molecule has 1 aromatic carbocycles. The molecule has 1 aliphatic heterocycles.